The molecule has 2 amide bonds. The minimum absolute atomic E-state index is 0.0209. The Morgan fingerprint density at radius 3 is 2.28 bits per heavy atom. The molecular formula is C22H22ClN3O5S. The first kappa shape index (κ1) is 22.6. The fourth-order valence-electron chi connectivity index (χ4n) is 4.05. The van der Waals surface area contributed by atoms with E-state index in [-0.39, 0.29) is 42.0 Å². The molecule has 2 saturated heterocycles. The van der Waals surface area contributed by atoms with Gasteiger partial charge in [0, 0.05) is 36.8 Å². The molecule has 0 spiro atoms. The van der Waals surface area contributed by atoms with Crippen LogP contribution in [-0.4, -0.2) is 67.4 Å². The molecule has 10 heteroatoms. The summed E-state index contributed by atoms with van der Waals surface area (Å²) in [4.78, 5) is 40.5. The number of anilines is 1. The number of ketones is 1. The SMILES string of the molecule is CC(=O)c1cccc(N2C(=O)C[C@H](N3CCN(S(=O)(=O)c4ccc(Cl)cc4)CC3)C2=O)c1. The summed E-state index contributed by atoms with van der Waals surface area (Å²) < 4.78 is 27.1. The smallest absolute Gasteiger partial charge is 0.251 e. The van der Waals surface area contributed by atoms with Gasteiger partial charge in [0.15, 0.2) is 5.78 Å². The molecule has 0 aliphatic carbocycles. The van der Waals surface area contributed by atoms with Crippen molar-refractivity contribution in [2.75, 3.05) is 31.1 Å². The predicted molar refractivity (Wildman–Crippen MR) is 119 cm³/mol. The van der Waals surface area contributed by atoms with Gasteiger partial charge in [-0.15, -0.1) is 0 Å². The van der Waals surface area contributed by atoms with Crippen LogP contribution in [0.15, 0.2) is 53.4 Å². The van der Waals surface area contributed by atoms with E-state index >= 15 is 0 Å². The zero-order valence-corrected chi connectivity index (χ0v) is 19.0. The second-order valence-corrected chi connectivity index (χ2v) is 10.2. The zero-order valence-electron chi connectivity index (χ0n) is 17.4. The number of nitrogens with zero attached hydrogens (tertiary/aromatic N) is 3. The van der Waals surface area contributed by atoms with Crippen molar-refractivity contribution in [1.29, 1.82) is 0 Å². The molecule has 0 unspecified atom stereocenters. The summed E-state index contributed by atoms with van der Waals surface area (Å²) in [5.74, 6) is -0.845. The first-order valence-electron chi connectivity index (χ1n) is 10.2. The Morgan fingerprint density at radius 2 is 1.66 bits per heavy atom. The van der Waals surface area contributed by atoms with E-state index in [0.717, 1.165) is 4.90 Å². The molecular weight excluding hydrogens is 454 g/mol. The van der Waals surface area contributed by atoms with E-state index in [9.17, 15) is 22.8 Å². The Bertz CT molecular complexity index is 1170. The van der Waals surface area contributed by atoms with Gasteiger partial charge in [0.2, 0.25) is 15.9 Å². The third kappa shape index (κ3) is 4.21. The topological polar surface area (TPSA) is 95.1 Å². The highest BCUT2D eigenvalue weighted by Crippen LogP contribution is 2.28. The van der Waals surface area contributed by atoms with Crippen molar-refractivity contribution in [3.05, 3.63) is 59.1 Å². The highest BCUT2D eigenvalue weighted by molar-refractivity contribution is 7.89. The maximum absolute atomic E-state index is 13.1. The summed E-state index contributed by atoms with van der Waals surface area (Å²) in [6.45, 7) is 2.51. The van der Waals surface area contributed by atoms with Gasteiger partial charge in [-0.1, -0.05) is 23.7 Å². The Balaban J connectivity index is 1.46. The van der Waals surface area contributed by atoms with Crippen molar-refractivity contribution in [3.63, 3.8) is 0 Å². The molecule has 8 nitrogen and oxygen atoms in total. The lowest BCUT2D eigenvalue weighted by Crippen LogP contribution is -2.53. The number of piperazine rings is 1. The summed E-state index contributed by atoms with van der Waals surface area (Å²) in [6.07, 6.45) is 0.0209. The van der Waals surface area contributed by atoms with E-state index in [1.54, 1.807) is 18.2 Å². The number of hydrogen-bond donors (Lipinski definition) is 0. The van der Waals surface area contributed by atoms with Gasteiger partial charge >= 0.3 is 0 Å². The first-order valence-corrected chi connectivity index (χ1v) is 12.0. The Labute approximate surface area is 191 Å². The number of hydrogen-bond acceptors (Lipinski definition) is 6. The van der Waals surface area contributed by atoms with Crippen LogP contribution in [0.4, 0.5) is 5.69 Å². The summed E-state index contributed by atoms with van der Waals surface area (Å²) in [5, 5.41) is 0.455. The molecule has 2 fully saturated rings. The van der Waals surface area contributed by atoms with Crippen molar-refractivity contribution in [2.45, 2.75) is 24.3 Å². The van der Waals surface area contributed by atoms with Crippen LogP contribution in [0.2, 0.25) is 5.02 Å². The number of carbonyl (C=O) groups is 3. The largest absolute Gasteiger partial charge is 0.295 e. The van der Waals surface area contributed by atoms with Crippen LogP contribution < -0.4 is 4.90 Å². The maximum atomic E-state index is 13.1. The molecule has 2 aliphatic rings. The molecule has 2 heterocycles. The second-order valence-electron chi connectivity index (χ2n) is 7.79. The Hall–Kier alpha value is -2.59. The number of carbonyl (C=O) groups excluding carboxylic acids is 3. The third-order valence-electron chi connectivity index (χ3n) is 5.80. The van der Waals surface area contributed by atoms with E-state index in [1.165, 1.54) is 41.6 Å². The highest BCUT2D eigenvalue weighted by Gasteiger charge is 2.44. The molecule has 168 valence electrons. The van der Waals surface area contributed by atoms with E-state index in [4.69, 9.17) is 11.6 Å². The van der Waals surface area contributed by atoms with Crippen molar-refractivity contribution < 1.29 is 22.8 Å². The fraction of sp³-hybridized carbons (Fsp3) is 0.318. The summed E-state index contributed by atoms with van der Waals surface area (Å²) in [7, 11) is -3.66. The van der Waals surface area contributed by atoms with Crippen molar-refractivity contribution >= 4 is 44.9 Å². The highest BCUT2D eigenvalue weighted by atomic mass is 35.5. The number of rotatable bonds is 5. The van der Waals surface area contributed by atoms with Gasteiger partial charge in [-0.2, -0.15) is 4.31 Å². The van der Waals surface area contributed by atoms with Crippen LogP contribution in [0.5, 0.6) is 0 Å². The molecule has 1 atom stereocenters. The monoisotopic (exact) mass is 475 g/mol. The average molecular weight is 476 g/mol. The molecule has 0 saturated carbocycles. The summed E-state index contributed by atoms with van der Waals surface area (Å²) >= 11 is 5.85. The van der Waals surface area contributed by atoms with Gasteiger partial charge in [0.05, 0.1) is 23.0 Å². The number of imide groups is 1. The van der Waals surface area contributed by atoms with E-state index in [1.807, 2.05) is 4.90 Å². The number of Topliss-reactive ketones (excluding diaryl/α,β-unsaturated/α-hetero) is 1. The lowest BCUT2D eigenvalue weighted by Gasteiger charge is -2.36. The van der Waals surface area contributed by atoms with E-state index in [2.05, 4.69) is 0 Å². The van der Waals surface area contributed by atoms with Gasteiger partial charge in [-0.25, -0.2) is 13.3 Å². The second kappa shape index (κ2) is 8.74. The van der Waals surface area contributed by atoms with Crippen LogP contribution in [0.25, 0.3) is 0 Å². The molecule has 0 aromatic heterocycles. The minimum Gasteiger partial charge on any atom is -0.295 e. The van der Waals surface area contributed by atoms with E-state index < -0.39 is 16.1 Å². The van der Waals surface area contributed by atoms with Crippen molar-refractivity contribution in [3.8, 4) is 0 Å². The molecule has 0 bridgehead atoms. The minimum atomic E-state index is -3.66. The molecule has 2 aromatic carbocycles. The number of sulfonamides is 1. The average Bonchev–Trinajstić information content (AvgIpc) is 3.08. The van der Waals surface area contributed by atoms with Gasteiger partial charge in [0.1, 0.15) is 0 Å². The van der Waals surface area contributed by atoms with Gasteiger partial charge in [0.25, 0.3) is 5.91 Å². The molecule has 32 heavy (non-hydrogen) atoms. The normalized spacial score (nSPS) is 20.7. The standard InChI is InChI=1S/C22H22ClN3O5S/c1-15(27)16-3-2-4-18(13-16)26-21(28)14-20(22(26)29)24-9-11-25(12-10-24)32(30,31)19-7-5-17(23)6-8-19/h2-8,13,20H,9-12,14H2,1H3/t20-/m0/s1. The maximum Gasteiger partial charge on any atom is 0.251 e. The van der Waals surface area contributed by atoms with Crippen molar-refractivity contribution in [2.24, 2.45) is 0 Å². The van der Waals surface area contributed by atoms with Crippen molar-refractivity contribution in [1.82, 2.24) is 9.21 Å². The van der Waals surface area contributed by atoms with E-state index in [0.29, 0.717) is 29.4 Å². The van der Waals surface area contributed by atoms with Gasteiger partial charge < -0.3 is 0 Å². The van der Waals surface area contributed by atoms with Crippen LogP contribution in [0.1, 0.15) is 23.7 Å². The molecule has 0 radical (unpaired) electrons. The Morgan fingerprint density at radius 1 is 1.00 bits per heavy atom. The Kier molecular flexibility index (Phi) is 6.17. The van der Waals surface area contributed by atoms with Crippen LogP contribution >= 0.6 is 11.6 Å². The first-order chi connectivity index (χ1) is 15.2. The zero-order chi connectivity index (χ0) is 23.0. The molecule has 0 N–H and O–H groups in total. The van der Waals surface area contributed by atoms with Crippen LogP contribution in [0.3, 0.4) is 0 Å². The summed E-state index contributed by atoms with van der Waals surface area (Å²) in [5.41, 5.74) is 0.798. The fourth-order valence-corrected chi connectivity index (χ4v) is 5.60. The number of halogens is 1. The lowest BCUT2D eigenvalue weighted by atomic mass is 10.1. The summed E-state index contributed by atoms with van der Waals surface area (Å²) in [6, 6.07) is 11.8. The quantitative estimate of drug-likeness (QED) is 0.486. The molecule has 2 aromatic rings. The predicted octanol–water partition coefficient (Wildman–Crippen LogP) is 2.18. The number of benzene rings is 2. The van der Waals surface area contributed by atoms with Crippen LogP contribution in [0, 0.1) is 0 Å². The molecule has 4 rings (SSSR count). The van der Waals surface area contributed by atoms with Gasteiger partial charge in [-0.3, -0.25) is 19.3 Å². The van der Waals surface area contributed by atoms with Crippen LogP contribution in [-0.2, 0) is 19.6 Å². The van der Waals surface area contributed by atoms with Gasteiger partial charge in [-0.05, 0) is 43.3 Å². The lowest BCUT2D eigenvalue weighted by molar-refractivity contribution is -0.123. The number of amides is 2. The third-order valence-corrected chi connectivity index (χ3v) is 7.96. The molecule has 2 aliphatic heterocycles.